The highest BCUT2D eigenvalue weighted by atomic mass is 32.2. The van der Waals surface area contributed by atoms with Crippen molar-refractivity contribution in [2.45, 2.75) is 29.9 Å². The molecule has 3 rings (SSSR count). The molecule has 2 saturated heterocycles. The van der Waals surface area contributed by atoms with Crippen LogP contribution in [-0.2, 0) is 14.8 Å². The molecule has 0 radical (unpaired) electrons. The molecule has 24 heavy (non-hydrogen) atoms. The lowest BCUT2D eigenvalue weighted by Gasteiger charge is -2.30. The van der Waals surface area contributed by atoms with Crippen molar-refractivity contribution in [3.05, 3.63) is 17.5 Å². The van der Waals surface area contributed by atoms with Crippen molar-refractivity contribution in [2.24, 2.45) is 5.92 Å². The molecule has 0 saturated carbocycles. The number of thiophene rings is 1. The van der Waals surface area contributed by atoms with Gasteiger partial charge in [-0.2, -0.15) is 4.31 Å². The molecule has 2 fully saturated rings. The molecule has 1 amide bonds. The van der Waals surface area contributed by atoms with Crippen molar-refractivity contribution in [3.8, 4) is 0 Å². The molecular weight excluding hydrogens is 346 g/mol. The lowest BCUT2D eigenvalue weighted by atomic mass is 9.97. The van der Waals surface area contributed by atoms with E-state index >= 15 is 0 Å². The number of carbonyl (C=O) groups excluding carboxylic acids is 1. The Morgan fingerprint density at radius 2 is 2.00 bits per heavy atom. The first-order chi connectivity index (χ1) is 11.6. The summed E-state index contributed by atoms with van der Waals surface area (Å²) in [5, 5.41) is 4.81. The Morgan fingerprint density at radius 1 is 1.29 bits per heavy atom. The van der Waals surface area contributed by atoms with Crippen LogP contribution < -0.4 is 10.2 Å². The molecule has 0 spiro atoms. The van der Waals surface area contributed by atoms with Gasteiger partial charge in [0.1, 0.15) is 4.21 Å². The summed E-state index contributed by atoms with van der Waals surface area (Å²) in [5.74, 6) is 0.0233. The van der Waals surface area contributed by atoms with E-state index in [1.165, 1.54) is 41.6 Å². The Bertz CT molecular complexity index is 632. The van der Waals surface area contributed by atoms with Crippen molar-refractivity contribution >= 4 is 27.3 Å². The molecule has 6 nitrogen and oxygen atoms in total. The first kappa shape index (κ1) is 17.8. The maximum Gasteiger partial charge on any atom is 0.252 e. The van der Waals surface area contributed by atoms with Crippen LogP contribution in [0.15, 0.2) is 21.7 Å². The van der Waals surface area contributed by atoms with Gasteiger partial charge in [0.15, 0.2) is 0 Å². The minimum Gasteiger partial charge on any atom is -0.350 e. The van der Waals surface area contributed by atoms with E-state index in [0.29, 0.717) is 30.1 Å². The van der Waals surface area contributed by atoms with E-state index < -0.39 is 10.0 Å². The van der Waals surface area contributed by atoms with Gasteiger partial charge in [-0.3, -0.25) is 4.79 Å². The number of amides is 1. The van der Waals surface area contributed by atoms with Gasteiger partial charge in [0.05, 0.1) is 26.2 Å². The summed E-state index contributed by atoms with van der Waals surface area (Å²) in [6, 6.07) is 3.39. The minimum absolute atomic E-state index is 0.0617. The van der Waals surface area contributed by atoms with E-state index in [1.807, 2.05) is 0 Å². The van der Waals surface area contributed by atoms with Gasteiger partial charge in [-0.25, -0.2) is 8.42 Å². The van der Waals surface area contributed by atoms with E-state index in [9.17, 15) is 13.2 Å². The summed E-state index contributed by atoms with van der Waals surface area (Å²) < 4.78 is 26.9. The number of hydrogen-bond acceptors (Lipinski definition) is 4. The van der Waals surface area contributed by atoms with Crippen LogP contribution in [0.4, 0.5) is 0 Å². The smallest absolute Gasteiger partial charge is 0.252 e. The van der Waals surface area contributed by atoms with E-state index in [-0.39, 0.29) is 11.8 Å². The first-order valence-corrected chi connectivity index (χ1v) is 11.0. The zero-order valence-electron chi connectivity index (χ0n) is 13.9. The van der Waals surface area contributed by atoms with Gasteiger partial charge in [-0.05, 0) is 24.3 Å². The third-order valence-electron chi connectivity index (χ3n) is 5.00. The van der Waals surface area contributed by atoms with Gasteiger partial charge in [0.2, 0.25) is 5.91 Å². The number of rotatable bonds is 6. The molecule has 134 valence electrons. The Labute approximate surface area is 147 Å². The number of carbonyl (C=O) groups is 1. The average Bonchev–Trinajstić information content (AvgIpc) is 3.29. The third-order valence-corrected chi connectivity index (χ3v) is 8.27. The molecule has 0 unspecified atom stereocenters. The van der Waals surface area contributed by atoms with Crippen LogP contribution in [0.5, 0.6) is 0 Å². The first-order valence-electron chi connectivity index (χ1n) is 8.72. The molecule has 2 aliphatic heterocycles. The number of sulfonamides is 1. The Kier molecular flexibility index (Phi) is 5.91. The normalized spacial score (nSPS) is 21.2. The average molecular weight is 373 g/mol. The van der Waals surface area contributed by atoms with Crippen LogP contribution in [-0.4, -0.2) is 57.9 Å². The fourth-order valence-corrected chi connectivity index (χ4v) is 6.14. The predicted octanol–water partition coefficient (Wildman–Crippen LogP) is -0.0563. The van der Waals surface area contributed by atoms with Gasteiger partial charge >= 0.3 is 0 Å². The lowest BCUT2D eigenvalue weighted by Crippen LogP contribution is -3.10. The van der Waals surface area contributed by atoms with E-state index in [4.69, 9.17) is 0 Å². The Hall–Kier alpha value is -0.960. The minimum atomic E-state index is -3.38. The number of likely N-dealkylation sites (tertiary alicyclic amines) is 1. The third kappa shape index (κ3) is 4.17. The van der Waals surface area contributed by atoms with E-state index in [1.54, 1.807) is 22.4 Å². The van der Waals surface area contributed by atoms with Gasteiger partial charge in [0.25, 0.3) is 10.0 Å². The lowest BCUT2D eigenvalue weighted by molar-refractivity contribution is -0.886. The molecule has 2 aliphatic rings. The van der Waals surface area contributed by atoms with Crippen LogP contribution in [0.25, 0.3) is 0 Å². The van der Waals surface area contributed by atoms with Crippen LogP contribution in [0.2, 0.25) is 0 Å². The highest BCUT2D eigenvalue weighted by molar-refractivity contribution is 7.91. The Morgan fingerprint density at radius 3 is 2.62 bits per heavy atom. The molecule has 0 bridgehead atoms. The van der Waals surface area contributed by atoms with Crippen LogP contribution in [0.3, 0.4) is 0 Å². The van der Waals surface area contributed by atoms with E-state index in [0.717, 1.165) is 13.1 Å². The topological polar surface area (TPSA) is 70.9 Å². The SMILES string of the molecule is O=C(NCC[NH+]1CCCC1)C1CCN(S(=O)(=O)c2cccs2)CC1. The summed E-state index contributed by atoms with van der Waals surface area (Å²) in [6.45, 7) is 5.01. The van der Waals surface area contributed by atoms with Gasteiger partial charge in [-0.15, -0.1) is 11.3 Å². The zero-order valence-corrected chi connectivity index (χ0v) is 15.5. The molecular formula is C16H26N3O3S2+. The summed E-state index contributed by atoms with van der Waals surface area (Å²) >= 11 is 1.24. The quantitative estimate of drug-likeness (QED) is 0.735. The van der Waals surface area contributed by atoms with Crippen molar-refractivity contribution in [1.29, 1.82) is 0 Å². The van der Waals surface area contributed by atoms with E-state index in [2.05, 4.69) is 5.32 Å². The van der Waals surface area contributed by atoms with Crippen molar-refractivity contribution in [1.82, 2.24) is 9.62 Å². The van der Waals surface area contributed by atoms with Crippen molar-refractivity contribution in [2.75, 3.05) is 39.3 Å². The largest absolute Gasteiger partial charge is 0.350 e. The van der Waals surface area contributed by atoms with Crippen molar-refractivity contribution in [3.63, 3.8) is 0 Å². The predicted molar refractivity (Wildman–Crippen MR) is 93.6 cm³/mol. The van der Waals surface area contributed by atoms with Crippen LogP contribution in [0, 0.1) is 5.92 Å². The molecule has 3 heterocycles. The molecule has 1 aromatic heterocycles. The molecule has 0 aromatic carbocycles. The number of hydrogen-bond donors (Lipinski definition) is 2. The van der Waals surface area contributed by atoms with Crippen LogP contribution >= 0.6 is 11.3 Å². The highest BCUT2D eigenvalue weighted by Crippen LogP contribution is 2.26. The summed E-state index contributed by atoms with van der Waals surface area (Å²) in [7, 11) is -3.38. The van der Waals surface area contributed by atoms with Crippen LogP contribution in [0.1, 0.15) is 25.7 Å². The Balaban J connectivity index is 1.43. The second-order valence-corrected chi connectivity index (χ2v) is 9.72. The number of quaternary nitrogens is 1. The molecule has 8 heteroatoms. The fourth-order valence-electron chi connectivity index (χ4n) is 3.53. The van der Waals surface area contributed by atoms with Crippen molar-refractivity contribution < 1.29 is 18.1 Å². The number of nitrogens with one attached hydrogen (secondary N) is 2. The molecule has 1 aromatic rings. The monoisotopic (exact) mass is 372 g/mol. The molecule has 0 aliphatic carbocycles. The number of piperidine rings is 1. The summed E-state index contributed by atoms with van der Waals surface area (Å²) in [5.41, 5.74) is 0. The molecule has 2 N–H and O–H groups in total. The second-order valence-electron chi connectivity index (χ2n) is 6.61. The second kappa shape index (κ2) is 7.95. The fraction of sp³-hybridized carbons (Fsp3) is 0.688. The number of nitrogens with zero attached hydrogens (tertiary/aromatic N) is 1. The van der Waals surface area contributed by atoms with Gasteiger partial charge in [-0.1, -0.05) is 6.07 Å². The maximum atomic E-state index is 12.5. The summed E-state index contributed by atoms with van der Waals surface area (Å²) in [6.07, 6.45) is 3.79. The van der Waals surface area contributed by atoms with Gasteiger partial charge < -0.3 is 10.2 Å². The van der Waals surface area contributed by atoms with Gasteiger partial charge in [0, 0.05) is 31.8 Å². The summed E-state index contributed by atoms with van der Waals surface area (Å²) in [4.78, 5) is 13.8. The zero-order chi connectivity index (χ0) is 17.0. The standard InChI is InChI=1S/C16H25N3O3S2/c20-16(17-7-12-18-8-1-2-9-18)14-5-10-19(11-6-14)24(21,22)15-4-3-13-23-15/h3-4,13-14H,1-2,5-12H2,(H,17,20)/p+1. The molecule has 0 atom stereocenters. The maximum absolute atomic E-state index is 12.5. The highest BCUT2D eigenvalue weighted by Gasteiger charge is 2.32.